The molecule has 0 unspecified atom stereocenters. The molecule has 0 saturated heterocycles. The molecule has 0 radical (unpaired) electrons. The lowest BCUT2D eigenvalue weighted by molar-refractivity contribution is -0.117. The van der Waals surface area contributed by atoms with Gasteiger partial charge >= 0.3 is 0 Å². The van der Waals surface area contributed by atoms with E-state index in [0.29, 0.717) is 17.1 Å². The van der Waals surface area contributed by atoms with Crippen LogP contribution in [0.3, 0.4) is 0 Å². The van der Waals surface area contributed by atoms with E-state index in [1.807, 2.05) is 38.1 Å². The lowest BCUT2D eigenvalue weighted by atomic mass is 10.1. The molecule has 1 atom stereocenters. The minimum atomic E-state index is -0.480. The topological polar surface area (TPSA) is 70.2 Å². The lowest BCUT2D eigenvalue weighted by Crippen LogP contribution is -2.32. The van der Waals surface area contributed by atoms with Crippen LogP contribution in [0.4, 0.5) is 17.1 Å². The highest BCUT2D eigenvalue weighted by atomic mass is 35.5. The van der Waals surface area contributed by atoms with Gasteiger partial charge in [0.05, 0.1) is 10.7 Å². The molecule has 0 aromatic heterocycles. The Morgan fingerprint density at radius 1 is 1.00 bits per heavy atom. The van der Waals surface area contributed by atoms with Crippen molar-refractivity contribution in [3.05, 3.63) is 53.1 Å². The zero-order valence-corrected chi connectivity index (χ0v) is 16.0. The summed E-state index contributed by atoms with van der Waals surface area (Å²) in [7, 11) is 0. The number of hydrogen-bond donors (Lipinski definition) is 3. The Balaban J connectivity index is 2.06. The number of carbonyl (C=O) groups excluding carboxylic acids is 2. The van der Waals surface area contributed by atoms with Crippen LogP contribution >= 0.6 is 11.6 Å². The predicted octanol–water partition coefficient (Wildman–Crippen LogP) is 4.83. The van der Waals surface area contributed by atoms with Gasteiger partial charge in [0.2, 0.25) is 11.8 Å². The summed E-state index contributed by atoms with van der Waals surface area (Å²) in [5.74, 6) is -0.213. The van der Waals surface area contributed by atoms with E-state index in [9.17, 15) is 9.59 Å². The third-order valence-corrected chi connectivity index (χ3v) is 4.31. The van der Waals surface area contributed by atoms with Gasteiger partial charge in [-0.05, 0) is 50.1 Å². The summed E-state index contributed by atoms with van der Waals surface area (Å²) in [6.07, 6.45) is 1.27. The summed E-state index contributed by atoms with van der Waals surface area (Å²) >= 11 is 6.08. The standard InChI is InChI=1S/C20H24ClN3O2/c1-4-8-19(25)23-17-12-7-11-16(13(17)2)22-14(3)20(26)24-18-10-6-5-9-15(18)21/h5-7,9-12,14,22H,4,8H2,1-3H3,(H,23,25)(H,24,26)/t14-/m0/s1. The number of hydrogen-bond acceptors (Lipinski definition) is 3. The summed E-state index contributed by atoms with van der Waals surface area (Å²) < 4.78 is 0. The Hall–Kier alpha value is -2.53. The van der Waals surface area contributed by atoms with Crippen molar-refractivity contribution in [2.45, 2.75) is 39.7 Å². The van der Waals surface area contributed by atoms with E-state index in [0.717, 1.165) is 23.4 Å². The fraction of sp³-hybridized carbons (Fsp3) is 0.300. The molecule has 2 aromatic rings. The van der Waals surface area contributed by atoms with Crippen molar-refractivity contribution in [3.8, 4) is 0 Å². The third-order valence-electron chi connectivity index (χ3n) is 3.98. The molecule has 0 heterocycles. The summed E-state index contributed by atoms with van der Waals surface area (Å²) in [6, 6.07) is 12.2. The first kappa shape index (κ1) is 19.8. The number of para-hydroxylation sites is 1. The molecule has 6 heteroatoms. The van der Waals surface area contributed by atoms with E-state index >= 15 is 0 Å². The number of amides is 2. The molecule has 0 aliphatic rings. The molecule has 3 N–H and O–H groups in total. The molecule has 2 rings (SSSR count). The average molecular weight is 374 g/mol. The van der Waals surface area contributed by atoms with Gasteiger partial charge < -0.3 is 16.0 Å². The molecular weight excluding hydrogens is 350 g/mol. The maximum atomic E-state index is 12.4. The first-order valence-electron chi connectivity index (χ1n) is 8.63. The fourth-order valence-electron chi connectivity index (χ4n) is 2.47. The Morgan fingerprint density at radius 2 is 1.65 bits per heavy atom. The van der Waals surface area contributed by atoms with Crippen LogP contribution in [0, 0.1) is 6.92 Å². The molecule has 0 aliphatic carbocycles. The van der Waals surface area contributed by atoms with Crippen LogP contribution in [0.15, 0.2) is 42.5 Å². The smallest absolute Gasteiger partial charge is 0.246 e. The minimum Gasteiger partial charge on any atom is -0.374 e. The number of nitrogens with one attached hydrogen (secondary N) is 3. The number of rotatable bonds is 7. The van der Waals surface area contributed by atoms with Gasteiger partial charge in [0, 0.05) is 17.8 Å². The molecule has 2 aromatic carbocycles. The Bertz CT molecular complexity index is 792. The maximum absolute atomic E-state index is 12.4. The minimum absolute atomic E-state index is 0.0164. The number of anilines is 3. The Labute approximate surface area is 159 Å². The van der Waals surface area contributed by atoms with Crippen LogP contribution in [-0.2, 0) is 9.59 Å². The Kier molecular flexibility index (Phi) is 7.04. The first-order chi connectivity index (χ1) is 12.4. The van der Waals surface area contributed by atoms with Crippen molar-refractivity contribution < 1.29 is 9.59 Å². The summed E-state index contributed by atoms with van der Waals surface area (Å²) in [5, 5.41) is 9.39. The number of halogens is 1. The molecule has 5 nitrogen and oxygen atoms in total. The van der Waals surface area contributed by atoms with Crippen molar-refractivity contribution in [1.82, 2.24) is 0 Å². The van der Waals surface area contributed by atoms with E-state index in [4.69, 9.17) is 11.6 Å². The molecular formula is C20H24ClN3O2. The maximum Gasteiger partial charge on any atom is 0.246 e. The highest BCUT2D eigenvalue weighted by molar-refractivity contribution is 6.33. The lowest BCUT2D eigenvalue weighted by Gasteiger charge is -2.19. The van der Waals surface area contributed by atoms with Gasteiger partial charge in [-0.2, -0.15) is 0 Å². The second-order valence-electron chi connectivity index (χ2n) is 6.11. The van der Waals surface area contributed by atoms with E-state index in [-0.39, 0.29) is 11.8 Å². The van der Waals surface area contributed by atoms with Crippen molar-refractivity contribution >= 4 is 40.5 Å². The van der Waals surface area contributed by atoms with E-state index in [1.54, 1.807) is 25.1 Å². The van der Waals surface area contributed by atoms with Gasteiger partial charge in [-0.1, -0.05) is 36.7 Å². The quantitative estimate of drug-likeness (QED) is 0.651. The highest BCUT2D eigenvalue weighted by Crippen LogP contribution is 2.25. The number of benzene rings is 2. The van der Waals surface area contributed by atoms with Crippen LogP contribution in [0.2, 0.25) is 5.02 Å². The average Bonchev–Trinajstić information content (AvgIpc) is 2.60. The first-order valence-corrected chi connectivity index (χ1v) is 9.01. The highest BCUT2D eigenvalue weighted by Gasteiger charge is 2.16. The molecule has 0 bridgehead atoms. The van der Waals surface area contributed by atoms with Gasteiger partial charge in [0.25, 0.3) is 0 Å². The summed E-state index contributed by atoms with van der Waals surface area (Å²) in [5.41, 5.74) is 2.99. The van der Waals surface area contributed by atoms with E-state index in [2.05, 4.69) is 16.0 Å². The van der Waals surface area contributed by atoms with Crippen molar-refractivity contribution in [3.63, 3.8) is 0 Å². The Morgan fingerprint density at radius 3 is 2.35 bits per heavy atom. The molecule has 0 spiro atoms. The SMILES string of the molecule is CCCC(=O)Nc1cccc(N[C@@H](C)C(=O)Nc2ccccc2Cl)c1C. The zero-order chi connectivity index (χ0) is 19.1. The van der Waals surface area contributed by atoms with Crippen LogP contribution in [0.5, 0.6) is 0 Å². The normalized spacial score (nSPS) is 11.5. The van der Waals surface area contributed by atoms with E-state index < -0.39 is 6.04 Å². The monoisotopic (exact) mass is 373 g/mol. The molecule has 0 fully saturated rings. The molecule has 26 heavy (non-hydrogen) atoms. The van der Waals surface area contributed by atoms with Gasteiger partial charge in [-0.15, -0.1) is 0 Å². The summed E-state index contributed by atoms with van der Waals surface area (Å²) in [6.45, 7) is 5.64. The molecule has 0 aliphatic heterocycles. The van der Waals surface area contributed by atoms with Crippen LogP contribution in [0.25, 0.3) is 0 Å². The van der Waals surface area contributed by atoms with Crippen molar-refractivity contribution in [2.75, 3.05) is 16.0 Å². The molecule has 2 amide bonds. The van der Waals surface area contributed by atoms with Crippen LogP contribution < -0.4 is 16.0 Å². The summed E-state index contributed by atoms with van der Waals surface area (Å²) in [4.78, 5) is 24.3. The molecule has 138 valence electrons. The number of carbonyl (C=O) groups is 2. The van der Waals surface area contributed by atoms with Gasteiger partial charge in [0.15, 0.2) is 0 Å². The van der Waals surface area contributed by atoms with Gasteiger partial charge in [-0.25, -0.2) is 0 Å². The van der Waals surface area contributed by atoms with Crippen molar-refractivity contribution in [2.24, 2.45) is 0 Å². The fourth-order valence-corrected chi connectivity index (χ4v) is 2.65. The zero-order valence-electron chi connectivity index (χ0n) is 15.2. The molecule has 0 saturated carbocycles. The largest absolute Gasteiger partial charge is 0.374 e. The second-order valence-corrected chi connectivity index (χ2v) is 6.52. The van der Waals surface area contributed by atoms with Crippen LogP contribution in [0.1, 0.15) is 32.3 Å². The van der Waals surface area contributed by atoms with Crippen LogP contribution in [-0.4, -0.2) is 17.9 Å². The van der Waals surface area contributed by atoms with Gasteiger partial charge in [0.1, 0.15) is 6.04 Å². The second kappa shape index (κ2) is 9.25. The van der Waals surface area contributed by atoms with Gasteiger partial charge in [-0.3, -0.25) is 9.59 Å². The predicted molar refractivity (Wildman–Crippen MR) is 108 cm³/mol. The third kappa shape index (κ3) is 5.23. The van der Waals surface area contributed by atoms with Crippen molar-refractivity contribution in [1.29, 1.82) is 0 Å². The van der Waals surface area contributed by atoms with E-state index in [1.165, 1.54) is 0 Å².